The largest absolute Gasteiger partial charge is 0.480 e. The Balaban J connectivity index is 2.99. The summed E-state index contributed by atoms with van der Waals surface area (Å²) in [6.45, 7) is 2.54. The van der Waals surface area contributed by atoms with Gasteiger partial charge in [0.1, 0.15) is 6.54 Å². The average molecular weight is 304 g/mol. The summed E-state index contributed by atoms with van der Waals surface area (Å²) in [6.07, 6.45) is -4.61. The van der Waals surface area contributed by atoms with Crippen molar-refractivity contribution in [1.29, 1.82) is 0 Å². The summed E-state index contributed by atoms with van der Waals surface area (Å²) in [5, 5.41) is 10.8. The normalized spacial score (nSPS) is 11.3. The van der Waals surface area contributed by atoms with Crippen molar-refractivity contribution < 1.29 is 27.9 Å². The highest BCUT2D eigenvalue weighted by molar-refractivity contribution is 5.92. The average Bonchev–Trinajstić information content (AvgIpc) is 2.34. The van der Waals surface area contributed by atoms with Crippen molar-refractivity contribution in [2.75, 3.05) is 11.9 Å². The zero-order chi connectivity index (χ0) is 16.2. The standard InChI is InChI=1S/C13H15F3N2O3/c1-8(2)18(7-11(19)20)12(21)17-10-6-4-3-5-9(10)13(14,15)16/h3-6,8H,7H2,1-2H3,(H,17,21)(H,19,20). The molecule has 0 aromatic heterocycles. The van der Waals surface area contributed by atoms with Crippen molar-refractivity contribution in [2.45, 2.75) is 26.1 Å². The second kappa shape index (κ2) is 6.47. The van der Waals surface area contributed by atoms with Crippen LogP contribution < -0.4 is 5.32 Å². The Bertz CT molecular complexity index is 530. The van der Waals surface area contributed by atoms with E-state index in [4.69, 9.17) is 5.11 Å². The molecular formula is C13H15F3N2O3. The van der Waals surface area contributed by atoms with Crippen molar-refractivity contribution in [2.24, 2.45) is 0 Å². The van der Waals surface area contributed by atoms with E-state index in [1.54, 1.807) is 13.8 Å². The number of para-hydroxylation sites is 1. The second-order valence-corrected chi connectivity index (χ2v) is 4.59. The van der Waals surface area contributed by atoms with Gasteiger partial charge in [0.05, 0.1) is 11.3 Å². The highest BCUT2D eigenvalue weighted by Gasteiger charge is 2.34. The quantitative estimate of drug-likeness (QED) is 0.898. The molecule has 8 heteroatoms. The molecule has 0 spiro atoms. The number of hydrogen-bond donors (Lipinski definition) is 2. The minimum atomic E-state index is -4.61. The van der Waals surface area contributed by atoms with Crippen LogP contribution in [0.25, 0.3) is 0 Å². The number of aliphatic carboxylic acids is 1. The first-order valence-corrected chi connectivity index (χ1v) is 6.08. The Kier molecular flexibility index (Phi) is 5.17. The van der Waals surface area contributed by atoms with Crippen LogP contribution in [0.5, 0.6) is 0 Å². The maximum Gasteiger partial charge on any atom is 0.418 e. The fraction of sp³-hybridized carbons (Fsp3) is 0.385. The number of carbonyl (C=O) groups excluding carboxylic acids is 1. The molecule has 0 fully saturated rings. The molecule has 0 heterocycles. The van der Waals surface area contributed by atoms with Crippen molar-refractivity contribution in [3.8, 4) is 0 Å². The van der Waals surface area contributed by atoms with E-state index >= 15 is 0 Å². The third-order valence-electron chi connectivity index (χ3n) is 2.66. The highest BCUT2D eigenvalue weighted by atomic mass is 19.4. The molecular weight excluding hydrogens is 289 g/mol. The predicted molar refractivity (Wildman–Crippen MR) is 69.9 cm³/mol. The molecule has 1 aromatic carbocycles. The second-order valence-electron chi connectivity index (χ2n) is 4.59. The van der Waals surface area contributed by atoms with E-state index in [1.807, 2.05) is 0 Å². The number of amides is 2. The molecule has 2 amide bonds. The molecule has 1 aromatic rings. The lowest BCUT2D eigenvalue weighted by molar-refractivity contribution is -0.138. The number of nitrogens with zero attached hydrogens (tertiary/aromatic N) is 1. The van der Waals surface area contributed by atoms with E-state index in [9.17, 15) is 22.8 Å². The molecule has 0 atom stereocenters. The van der Waals surface area contributed by atoms with E-state index in [0.29, 0.717) is 0 Å². The number of urea groups is 1. The summed E-state index contributed by atoms with van der Waals surface area (Å²) in [4.78, 5) is 23.6. The first kappa shape index (κ1) is 16.8. The lowest BCUT2D eigenvalue weighted by atomic mass is 10.1. The summed E-state index contributed by atoms with van der Waals surface area (Å²) < 4.78 is 38.4. The Hall–Kier alpha value is -2.25. The minimum absolute atomic E-state index is 0.411. The van der Waals surface area contributed by atoms with Crippen molar-refractivity contribution in [3.05, 3.63) is 29.8 Å². The first-order valence-electron chi connectivity index (χ1n) is 6.08. The smallest absolute Gasteiger partial charge is 0.418 e. The fourth-order valence-electron chi connectivity index (χ4n) is 1.66. The Labute approximate surface area is 119 Å². The molecule has 0 aliphatic heterocycles. The van der Waals surface area contributed by atoms with Gasteiger partial charge < -0.3 is 15.3 Å². The number of carbonyl (C=O) groups is 2. The topological polar surface area (TPSA) is 69.6 Å². The predicted octanol–water partition coefficient (Wildman–Crippen LogP) is 3.03. The van der Waals surface area contributed by atoms with Gasteiger partial charge in [0.2, 0.25) is 0 Å². The molecule has 5 nitrogen and oxygen atoms in total. The lowest BCUT2D eigenvalue weighted by Gasteiger charge is -2.25. The van der Waals surface area contributed by atoms with Crippen molar-refractivity contribution in [3.63, 3.8) is 0 Å². The van der Waals surface area contributed by atoms with Gasteiger partial charge in [-0.1, -0.05) is 12.1 Å². The number of hydrogen-bond acceptors (Lipinski definition) is 2. The molecule has 0 aliphatic carbocycles. The van der Waals surface area contributed by atoms with Gasteiger partial charge in [0, 0.05) is 6.04 Å². The van der Waals surface area contributed by atoms with E-state index in [1.165, 1.54) is 12.1 Å². The Morgan fingerprint density at radius 2 is 1.86 bits per heavy atom. The van der Waals surface area contributed by atoms with Crippen LogP contribution in [0.1, 0.15) is 19.4 Å². The number of halogens is 3. The first-order chi connectivity index (χ1) is 9.62. The Morgan fingerprint density at radius 3 is 2.33 bits per heavy atom. The maximum absolute atomic E-state index is 12.8. The van der Waals surface area contributed by atoms with Crippen LogP contribution in [0, 0.1) is 0 Å². The molecule has 0 saturated carbocycles. The summed E-state index contributed by atoms with van der Waals surface area (Å²) in [6, 6.07) is 3.13. The van der Waals surface area contributed by atoms with Crippen molar-refractivity contribution in [1.82, 2.24) is 4.90 Å². The number of benzene rings is 1. The van der Waals surface area contributed by atoms with E-state index in [2.05, 4.69) is 5.32 Å². The van der Waals surface area contributed by atoms with E-state index in [0.717, 1.165) is 17.0 Å². The molecule has 21 heavy (non-hydrogen) atoms. The minimum Gasteiger partial charge on any atom is -0.480 e. The number of carboxylic acid groups (broad SMARTS) is 1. The van der Waals surface area contributed by atoms with Crippen LogP contribution in [0.15, 0.2) is 24.3 Å². The van der Waals surface area contributed by atoms with Gasteiger partial charge in [0.25, 0.3) is 0 Å². The third-order valence-corrected chi connectivity index (χ3v) is 2.66. The van der Waals surface area contributed by atoms with Gasteiger partial charge >= 0.3 is 18.2 Å². The fourth-order valence-corrected chi connectivity index (χ4v) is 1.66. The summed E-state index contributed by atoms with van der Waals surface area (Å²) >= 11 is 0. The molecule has 0 radical (unpaired) electrons. The van der Waals surface area contributed by atoms with Crippen molar-refractivity contribution >= 4 is 17.7 Å². The number of rotatable bonds is 4. The lowest BCUT2D eigenvalue weighted by Crippen LogP contribution is -2.43. The monoisotopic (exact) mass is 304 g/mol. The molecule has 0 unspecified atom stereocenters. The van der Waals surface area contributed by atoms with Gasteiger partial charge in [-0.3, -0.25) is 4.79 Å². The van der Waals surface area contributed by atoms with Crippen LogP contribution in [-0.4, -0.2) is 34.6 Å². The van der Waals surface area contributed by atoms with Gasteiger partial charge in [-0.2, -0.15) is 13.2 Å². The zero-order valence-corrected chi connectivity index (χ0v) is 11.4. The third kappa shape index (κ3) is 4.66. The van der Waals surface area contributed by atoms with Gasteiger partial charge in [-0.25, -0.2) is 4.79 Å². The number of alkyl halides is 3. The zero-order valence-electron chi connectivity index (χ0n) is 11.4. The van der Waals surface area contributed by atoms with E-state index < -0.39 is 42.0 Å². The van der Waals surface area contributed by atoms with Crippen LogP contribution in [0.3, 0.4) is 0 Å². The summed E-state index contributed by atoms with van der Waals surface area (Å²) in [7, 11) is 0. The number of carboxylic acids is 1. The molecule has 0 saturated heterocycles. The van der Waals surface area contributed by atoms with Gasteiger partial charge in [0.15, 0.2) is 0 Å². The van der Waals surface area contributed by atoms with Crippen LogP contribution >= 0.6 is 0 Å². The molecule has 1 rings (SSSR count). The summed E-state index contributed by atoms with van der Waals surface area (Å²) in [5.41, 5.74) is -1.40. The van der Waals surface area contributed by atoms with Gasteiger partial charge in [-0.05, 0) is 26.0 Å². The molecule has 0 bridgehead atoms. The molecule has 2 N–H and O–H groups in total. The van der Waals surface area contributed by atoms with Crippen LogP contribution in [-0.2, 0) is 11.0 Å². The number of nitrogens with one attached hydrogen (secondary N) is 1. The van der Waals surface area contributed by atoms with Crippen LogP contribution in [0.2, 0.25) is 0 Å². The molecule has 0 aliphatic rings. The summed E-state index contributed by atoms with van der Waals surface area (Å²) in [5.74, 6) is -1.25. The van der Waals surface area contributed by atoms with Crippen LogP contribution in [0.4, 0.5) is 23.7 Å². The molecule has 116 valence electrons. The SMILES string of the molecule is CC(C)N(CC(=O)O)C(=O)Nc1ccccc1C(F)(F)F. The van der Waals surface area contributed by atoms with Gasteiger partial charge in [-0.15, -0.1) is 0 Å². The van der Waals surface area contributed by atoms with E-state index in [-0.39, 0.29) is 0 Å². The Morgan fingerprint density at radius 1 is 1.29 bits per heavy atom. The highest BCUT2D eigenvalue weighted by Crippen LogP contribution is 2.34. The number of anilines is 1. The maximum atomic E-state index is 12.8.